The molecular weight excluding hydrogens is 384 g/mol. The van der Waals surface area contributed by atoms with Gasteiger partial charge in [0, 0.05) is 38.5 Å². The van der Waals surface area contributed by atoms with Crippen molar-refractivity contribution in [2.75, 3.05) is 26.2 Å². The number of nitrogens with zero attached hydrogens (tertiary/aromatic N) is 1. The zero-order chi connectivity index (χ0) is 21.3. The molecule has 0 radical (unpaired) electrons. The van der Waals surface area contributed by atoms with Crippen LogP contribution in [0.3, 0.4) is 0 Å². The highest BCUT2D eigenvalue weighted by molar-refractivity contribution is 5.77. The van der Waals surface area contributed by atoms with Crippen molar-refractivity contribution in [2.24, 2.45) is 0 Å². The summed E-state index contributed by atoms with van der Waals surface area (Å²) < 4.78 is 5.91. The Morgan fingerprint density at radius 2 is 1.48 bits per heavy atom. The second-order valence-electron chi connectivity index (χ2n) is 8.10. The van der Waals surface area contributed by atoms with Crippen molar-refractivity contribution in [3.8, 4) is 0 Å². The summed E-state index contributed by atoms with van der Waals surface area (Å²) in [5.41, 5.74) is 3.62. The first-order chi connectivity index (χ1) is 15.3. The SMILES string of the molecule is O=C(CC(c1ccccc1)c1ccccc1)NC[C@@H]1CN(Cc2ccccc2)CCO1. The maximum Gasteiger partial charge on any atom is 0.221 e. The van der Waals surface area contributed by atoms with Gasteiger partial charge in [-0.05, 0) is 16.7 Å². The van der Waals surface area contributed by atoms with Crippen molar-refractivity contribution in [1.82, 2.24) is 10.2 Å². The molecule has 1 saturated heterocycles. The molecule has 3 aromatic rings. The van der Waals surface area contributed by atoms with Crippen LogP contribution in [0.2, 0.25) is 0 Å². The smallest absolute Gasteiger partial charge is 0.221 e. The Labute approximate surface area is 184 Å². The predicted octanol–water partition coefficient (Wildman–Crippen LogP) is 4.23. The second-order valence-corrected chi connectivity index (χ2v) is 8.10. The van der Waals surface area contributed by atoms with Crippen LogP contribution in [0.5, 0.6) is 0 Å². The number of amides is 1. The van der Waals surface area contributed by atoms with Gasteiger partial charge in [-0.1, -0.05) is 91.0 Å². The summed E-state index contributed by atoms with van der Waals surface area (Å²) in [5, 5.41) is 3.12. The number of morpholine rings is 1. The monoisotopic (exact) mass is 414 g/mol. The quantitative estimate of drug-likeness (QED) is 0.600. The van der Waals surface area contributed by atoms with E-state index in [0.717, 1.165) is 30.8 Å². The van der Waals surface area contributed by atoms with Crippen LogP contribution in [0.4, 0.5) is 0 Å². The zero-order valence-corrected chi connectivity index (χ0v) is 17.8. The summed E-state index contributed by atoms with van der Waals surface area (Å²) in [6, 6.07) is 31.0. The van der Waals surface area contributed by atoms with Gasteiger partial charge in [0.2, 0.25) is 5.91 Å². The van der Waals surface area contributed by atoms with Crippen molar-refractivity contribution < 1.29 is 9.53 Å². The summed E-state index contributed by atoms with van der Waals surface area (Å²) in [6.07, 6.45) is 0.447. The third kappa shape index (κ3) is 6.27. The summed E-state index contributed by atoms with van der Waals surface area (Å²) >= 11 is 0. The van der Waals surface area contributed by atoms with E-state index in [4.69, 9.17) is 4.74 Å². The number of carbonyl (C=O) groups is 1. The van der Waals surface area contributed by atoms with E-state index in [-0.39, 0.29) is 17.9 Å². The maximum atomic E-state index is 12.8. The van der Waals surface area contributed by atoms with E-state index in [2.05, 4.69) is 58.7 Å². The molecular formula is C27H30N2O2. The Morgan fingerprint density at radius 3 is 2.10 bits per heavy atom. The van der Waals surface area contributed by atoms with Crippen LogP contribution in [0.25, 0.3) is 0 Å². The number of ether oxygens (including phenoxy) is 1. The average Bonchev–Trinajstić information content (AvgIpc) is 2.83. The Morgan fingerprint density at radius 1 is 0.903 bits per heavy atom. The molecule has 1 amide bonds. The fourth-order valence-corrected chi connectivity index (χ4v) is 4.17. The third-order valence-corrected chi connectivity index (χ3v) is 5.79. The van der Waals surface area contributed by atoms with Crippen molar-refractivity contribution in [2.45, 2.75) is 25.0 Å². The lowest BCUT2D eigenvalue weighted by atomic mass is 9.88. The minimum atomic E-state index is 0.0216. The molecule has 0 spiro atoms. The summed E-state index contributed by atoms with van der Waals surface area (Å²) in [6.45, 7) is 3.91. The first kappa shape index (κ1) is 21.3. The highest BCUT2D eigenvalue weighted by Crippen LogP contribution is 2.27. The molecule has 1 fully saturated rings. The molecule has 1 aliphatic heterocycles. The lowest BCUT2D eigenvalue weighted by molar-refractivity contribution is -0.122. The van der Waals surface area contributed by atoms with Gasteiger partial charge in [0.15, 0.2) is 0 Å². The zero-order valence-electron chi connectivity index (χ0n) is 17.8. The Hall–Kier alpha value is -2.95. The second kappa shape index (κ2) is 10.9. The number of hydrogen-bond acceptors (Lipinski definition) is 3. The van der Waals surface area contributed by atoms with E-state index < -0.39 is 0 Å². The number of nitrogens with one attached hydrogen (secondary N) is 1. The van der Waals surface area contributed by atoms with E-state index in [1.165, 1.54) is 5.56 Å². The van der Waals surface area contributed by atoms with Crippen LogP contribution < -0.4 is 5.32 Å². The van der Waals surface area contributed by atoms with E-state index in [0.29, 0.717) is 19.6 Å². The lowest BCUT2D eigenvalue weighted by Gasteiger charge is -2.33. The van der Waals surface area contributed by atoms with E-state index in [9.17, 15) is 4.79 Å². The van der Waals surface area contributed by atoms with Crippen molar-refractivity contribution >= 4 is 5.91 Å². The number of carbonyl (C=O) groups excluding carboxylic acids is 1. The van der Waals surface area contributed by atoms with Gasteiger partial charge in [0.05, 0.1) is 12.7 Å². The molecule has 3 aromatic carbocycles. The maximum absolute atomic E-state index is 12.8. The normalized spacial score (nSPS) is 16.9. The van der Waals surface area contributed by atoms with Crippen molar-refractivity contribution in [3.05, 3.63) is 108 Å². The molecule has 0 bridgehead atoms. The number of hydrogen-bond donors (Lipinski definition) is 1. The fraction of sp³-hybridized carbons (Fsp3) is 0.296. The predicted molar refractivity (Wildman–Crippen MR) is 124 cm³/mol. The highest BCUT2D eigenvalue weighted by Gasteiger charge is 2.22. The molecule has 1 atom stereocenters. The van der Waals surface area contributed by atoms with E-state index in [1.807, 2.05) is 42.5 Å². The van der Waals surface area contributed by atoms with E-state index >= 15 is 0 Å². The summed E-state index contributed by atoms with van der Waals surface area (Å²) in [4.78, 5) is 15.2. The summed E-state index contributed by atoms with van der Waals surface area (Å²) in [7, 11) is 0. The molecule has 4 rings (SSSR count). The molecule has 31 heavy (non-hydrogen) atoms. The number of benzene rings is 3. The van der Waals surface area contributed by atoms with Gasteiger partial charge < -0.3 is 10.1 Å². The van der Waals surface area contributed by atoms with Gasteiger partial charge in [-0.25, -0.2) is 0 Å². The summed E-state index contributed by atoms with van der Waals surface area (Å²) in [5.74, 6) is 0.103. The third-order valence-electron chi connectivity index (χ3n) is 5.79. The molecule has 0 aliphatic carbocycles. The molecule has 4 nitrogen and oxygen atoms in total. The van der Waals surface area contributed by atoms with Crippen LogP contribution in [-0.4, -0.2) is 43.2 Å². The molecule has 160 valence electrons. The fourth-order valence-electron chi connectivity index (χ4n) is 4.17. The van der Waals surface area contributed by atoms with Crippen LogP contribution in [0.15, 0.2) is 91.0 Å². The van der Waals surface area contributed by atoms with Crippen LogP contribution >= 0.6 is 0 Å². The Kier molecular flexibility index (Phi) is 7.48. The van der Waals surface area contributed by atoms with Gasteiger partial charge >= 0.3 is 0 Å². The van der Waals surface area contributed by atoms with E-state index in [1.54, 1.807) is 0 Å². The molecule has 1 heterocycles. The molecule has 0 aromatic heterocycles. The highest BCUT2D eigenvalue weighted by atomic mass is 16.5. The van der Waals surface area contributed by atoms with Crippen molar-refractivity contribution in [1.29, 1.82) is 0 Å². The first-order valence-electron chi connectivity index (χ1n) is 11.0. The van der Waals surface area contributed by atoms with Gasteiger partial charge in [0.1, 0.15) is 0 Å². The van der Waals surface area contributed by atoms with Gasteiger partial charge in [-0.15, -0.1) is 0 Å². The van der Waals surface area contributed by atoms with Crippen LogP contribution in [-0.2, 0) is 16.1 Å². The van der Waals surface area contributed by atoms with Gasteiger partial charge in [0.25, 0.3) is 0 Å². The largest absolute Gasteiger partial charge is 0.374 e. The Bertz CT molecular complexity index is 892. The van der Waals surface area contributed by atoms with Gasteiger partial charge in [-0.3, -0.25) is 9.69 Å². The molecule has 1 aliphatic rings. The Balaban J connectivity index is 1.32. The molecule has 1 N–H and O–H groups in total. The molecule has 4 heteroatoms. The lowest BCUT2D eigenvalue weighted by Crippen LogP contribution is -2.47. The minimum absolute atomic E-state index is 0.0216. The molecule has 0 saturated carbocycles. The standard InChI is InChI=1S/C27H30N2O2/c30-27(18-26(23-12-6-2-7-13-23)24-14-8-3-9-15-24)28-19-25-21-29(16-17-31-25)20-22-10-4-1-5-11-22/h1-15,25-26H,16-21H2,(H,28,30)/t25-/m1/s1. The number of rotatable bonds is 8. The average molecular weight is 415 g/mol. The van der Waals surface area contributed by atoms with Crippen LogP contribution in [0.1, 0.15) is 29.0 Å². The molecule has 0 unspecified atom stereocenters. The first-order valence-corrected chi connectivity index (χ1v) is 11.0. The minimum Gasteiger partial charge on any atom is -0.374 e. The topological polar surface area (TPSA) is 41.6 Å². The van der Waals surface area contributed by atoms with Gasteiger partial charge in [-0.2, -0.15) is 0 Å². The van der Waals surface area contributed by atoms with Crippen LogP contribution in [0, 0.1) is 0 Å². The van der Waals surface area contributed by atoms with Crippen molar-refractivity contribution in [3.63, 3.8) is 0 Å².